The number of carbonyl (C=O) groups excluding carboxylic acids is 1. The van der Waals surface area contributed by atoms with Gasteiger partial charge in [0.2, 0.25) is 0 Å². The number of methoxy groups -OCH3 is 1. The number of hydrogen-bond donors (Lipinski definition) is 0. The molecule has 0 aliphatic rings. The molecule has 0 aliphatic carbocycles. The monoisotopic (exact) mass is 333 g/mol. The Morgan fingerprint density at radius 1 is 1.23 bits per heavy atom. The summed E-state index contributed by atoms with van der Waals surface area (Å²) in [5.41, 5.74) is 0.698. The third kappa shape index (κ3) is 4.20. The van der Waals surface area contributed by atoms with E-state index in [2.05, 4.69) is 46.5 Å². The normalized spacial score (nSPS) is 13.8. The van der Waals surface area contributed by atoms with Crippen LogP contribution in [0, 0.1) is 5.41 Å². The molecule has 4 heteroatoms. The van der Waals surface area contributed by atoms with Crippen molar-refractivity contribution >= 4 is 19.2 Å². The van der Waals surface area contributed by atoms with Gasteiger partial charge in [-0.25, -0.2) is 0 Å². The summed E-state index contributed by atoms with van der Waals surface area (Å²) < 4.78 is 5.65. The molecule has 0 heterocycles. The van der Waals surface area contributed by atoms with Crippen molar-refractivity contribution in [3.63, 3.8) is 0 Å². The first-order chi connectivity index (χ1) is 10.0. The lowest BCUT2D eigenvalue weighted by Gasteiger charge is -2.39. The SMILES string of the molecule is CCN(C(=O)[14c]1[14cH][14cH][14cH][14cH][14c]1[Si](C)(C)C)C(OC)C(C)(C)C. The van der Waals surface area contributed by atoms with Gasteiger partial charge in [-0.3, -0.25) is 4.79 Å². The summed E-state index contributed by atoms with van der Waals surface area (Å²) in [6, 6.07) is 8.03. The highest BCUT2D eigenvalue weighted by Gasteiger charge is 2.34. The Labute approximate surface area is 136 Å². The summed E-state index contributed by atoms with van der Waals surface area (Å²) in [6.45, 7) is 15.7. The predicted molar refractivity (Wildman–Crippen MR) is 96.4 cm³/mol. The Bertz CT molecular complexity index is 515. The lowest BCUT2D eigenvalue weighted by Crippen LogP contribution is -2.51. The van der Waals surface area contributed by atoms with Crippen molar-refractivity contribution in [3.8, 4) is 0 Å². The molecule has 0 aromatic heterocycles. The fourth-order valence-corrected chi connectivity index (χ4v) is 4.44. The summed E-state index contributed by atoms with van der Waals surface area (Å²) in [5.74, 6) is 0.0716. The van der Waals surface area contributed by atoms with E-state index in [1.165, 1.54) is 5.19 Å². The molecule has 0 fully saturated rings. The second-order valence-corrected chi connectivity index (χ2v) is 12.9. The topological polar surface area (TPSA) is 29.5 Å². The van der Waals surface area contributed by atoms with Crippen LogP contribution in [0.2, 0.25) is 19.6 Å². The zero-order valence-corrected chi connectivity index (χ0v) is 16.4. The average Bonchev–Trinajstić information content (AvgIpc) is 2.41. The molecular weight excluding hydrogens is 302 g/mol. The first kappa shape index (κ1) is 18.9. The van der Waals surface area contributed by atoms with Gasteiger partial charge in [-0.1, -0.05) is 58.6 Å². The maximum atomic E-state index is 13.2. The van der Waals surface area contributed by atoms with Gasteiger partial charge in [0.25, 0.3) is 5.91 Å². The van der Waals surface area contributed by atoms with Gasteiger partial charge in [0.05, 0.1) is 8.07 Å². The molecule has 3 nitrogen and oxygen atoms in total. The average molecular weight is 333 g/mol. The molecule has 0 N–H and O–H groups in total. The lowest BCUT2D eigenvalue weighted by atomic mass is 9.93. The van der Waals surface area contributed by atoms with Crippen LogP contribution in [0.5, 0.6) is 0 Å². The predicted octanol–water partition coefficient (Wildman–Crippen LogP) is 3.71. The number of benzene rings is 1. The zero-order chi connectivity index (χ0) is 17.1. The third-order valence-electron chi connectivity index (χ3n) is 3.81. The van der Waals surface area contributed by atoms with Crippen molar-refractivity contribution < 1.29 is 9.53 Å². The molecular formula is C18H31NO2Si. The van der Waals surface area contributed by atoms with Gasteiger partial charge in [0.1, 0.15) is 6.23 Å². The van der Waals surface area contributed by atoms with Crippen LogP contribution >= 0.6 is 0 Å². The number of amides is 1. The Hall–Kier alpha value is -1.13. The number of ether oxygens (including phenoxy) is 1. The van der Waals surface area contributed by atoms with Crippen LogP contribution in [0.15, 0.2) is 24.3 Å². The summed E-state index contributed by atoms with van der Waals surface area (Å²) in [5, 5.41) is 1.21. The van der Waals surface area contributed by atoms with E-state index < -0.39 is 8.07 Å². The molecule has 1 aromatic rings. The molecule has 22 heavy (non-hydrogen) atoms. The second kappa shape index (κ2) is 6.96. The van der Waals surface area contributed by atoms with Crippen LogP contribution in [0.25, 0.3) is 0 Å². The van der Waals surface area contributed by atoms with Gasteiger partial charge in [0, 0.05) is 24.6 Å². The minimum atomic E-state index is -1.58. The van der Waals surface area contributed by atoms with Gasteiger partial charge >= 0.3 is 0 Å². The molecule has 124 valence electrons. The third-order valence-corrected chi connectivity index (χ3v) is 5.87. The summed E-state index contributed by atoms with van der Waals surface area (Å²) in [4.78, 5) is 15.0. The van der Waals surface area contributed by atoms with Crippen molar-refractivity contribution in [1.29, 1.82) is 0 Å². The van der Waals surface area contributed by atoms with Crippen molar-refractivity contribution in [2.75, 3.05) is 13.7 Å². The summed E-state index contributed by atoms with van der Waals surface area (Å²) in [6.07, 6.45) is -0.236. The minimum absolute atomic E-state index is 0.0716. The number of rotatable bonds is 5. The van der Waals surface area contributed by atoms with E-state index in [9.17, 15) is 4.79 Å². The van der Waals surface area contributed by atoms with Crippen molar-refractivity contribution in [2.45, 2.75) is 53.6 Å². The quantitative estimate of drug-likeness (QED) is 0.607. The Kier molecular flexibility index (Phi) is 5.99. The molecule has 0 bridgehead atoms. The van der Waals surface area contributed by atoms with Crippen molar-refractivity contribution in [2.24, 2.45) is 5.41 Å². The Morgan fingerprint density at radius 3 is 2.18 bits per heavy atom. The molecule has 0 spiro atoms. The molecule has 1 amide bonds. The maximum absolute atomic E-state index is 13.2. The molecule has 1 rings (SSSR count). The van der Waals surface area contributed by atoms with Gasteiger partial charge in [-0.15, -0.1) is 0 Å². The van der Waals surface area contributed by atoms with Crippen LogP contribution in [0.3, 0.4) is 0 Å². The number of nitrogens with zero attached hydrogens (tertiary/aromatic N) is 1. The van der Waals surface area contributed by atoms with E-state index in [1.807, 2.05) is 30.0 Å². The fourth-order valence-electron chi connectivity index (χ4n) is 2.84. The van der Waals surface area contributed by atoms with Crippen LogP contribution in [0.1, 0.15) is 38.1 Å². The van der Waals surface area contributed by atoms with Crippen LogP contribution < -0.4 is 5.19 Å². The van der Waals surface area contributed by atoms with Gasteiger partial charge < -0.3 is 9.64 Å². The standard InChI is InChI=1S/C18H31NO2Si/c1-9-19(17(21-5)18(2,3)4)16(20)14-12-10-11-13-15(14)22(6,7)8/h10-13,17H,9H2,1-8H3/i10+2,11+2,12+2,13+2,14+2,15+2. The van der Waals surface area contributed by atoms with Gasteiger partial charge in [0.15, 0.2) is 0 Å². The van der Waals surface area contributed by atoms with E-state index in [0.29, 0.717) is 6.54 Å². The fraction of sp³-hybridized carbons (Fsp3) is 0.611. The van der Waals surface area contributed by atoms with E-state index in [1.54, 1.807) is 7.11 Å². The van der Waals surface area contributed by atoms with E-state index in [-0.39, 0.29) is 17.6 Å². The van der Waals surface area contributed by atoms with Crippen LogP contribution in [-0.2, 0) is 4.74 Å². The van der Waals surface area contributed by atoms with Crippen molar-refractivity contribution in [1.82, 2.24) is 4.90 Å². The zero-order valence-electron chi connectivity index (χ0n) is 15.4. The second-order valence-electron chi connectivity index (χ2n) is 7.84. The smallest absolute Gasteiger partial charge is 0.255 e. The molecule has 0 saturated carbocycles. The molecule has 0 aliphatic heterocycles. The first-order valence-corrected chi connectivity index (χ1v) is 11.5. The van der Waals surface area contributed by atoms with Crippen molar-refractivity contribution in [3.05, 3.63) is 29.8 Å². The molecule has 1 atom stereocenters. The van der Waals surface area contributed by atoms with Gasteiger partial charge in [-0.2, -0.15) is 0 Å². The minimum Gasteiger partial charge on any atom is -0.361 e. The lowest BCUT2D eigenvalue weighted by molar-refractivity contribution is -0.0792. The maximum Gasteiger partial charge on any atom is 0.255 e. The van der Waals surface area contributed by atoms with E-state index in [0.717, 1.165) is 5.56 Å². The Balaban J connectivity index is 3.29. The highest BCUT2D eigenvalue weighted by atomic mass is 28.3. The molecule has 0 radical (unpaired) electrons. The summed E-state index contributed by atoms with van der Waals surface area (Å²) >= 11 is 0. The highest BCUT2D eigenvalue weighted by Crippen LogP contribution is 2.26. The first-order valence-electron chi connectivity index (χ1n) is 7.97. The van der Waals surface area contributed by atoms with E-state index >= 15 is 0 Å². The number of carbonyl (C=O) groups is 1. The Morgan fingerprint density at radius 2 is 1.77 bits per heavy atom. The van der Waals surface area contributed by atoms with E-state index in [4.69, 9.17) is 4.74 Å². The summed E-state index contributed by atoms with van der Waals surface area (Å²) in [7, 11) is 0.0984. The van der Waals surface area contributed by atoms with Crippen LogP contribution in [-0.4, -0.2) is 38.8 Å². The molecule has 0 saturated heterocycles. The largest absolute Gasteiger partial charge is 0.361 e. The van der Waals surface area contributed by atoms with Gasteiger partial charge in [-0.05, 0) is 18.2 Å². The highest BCUT2D eigenvalue weighted by molar-refractivity contribution is 6.89. The van der Waals surface area contributed by atoms with Crippen LogP contribution in [0.4, 0.5) is 0 Å². The number of hydrogen-bond acceptors (Lipinski definition) is 2. The molecule has 1 unspecified atom stereocenters. The molecule has 1 aromatic carbocycles.